The number of aryl methyl sites for hydroxylation is 1. The molecule has 6 heterocycles. The largest absolute Gasteiger partial charge is 0.508 e. The van der Waals surface area contributed by atoms with Gasteiger partial charge in [-0.05, 0) is 67.8 Å². The van der Waals surface area contributed by atoms with Crippen LogP contribution in [0.4, 0.5) is 32.2 Å². The van der Waals surface area contributed by atoms with Crippen molar-refractivity contribution in [3.63, 3.8) is 0 Å². The maximum absolute atomic E-state index is 17.7. The molecule has 3 aromatic carbocycles. The Hall–Kier alpha value is -5.30. The van der Waals surface area contributed by atoms with E-state index in [9.17, 15) is 27.5 Å². The number of aromatic nitrogens is 4. The molecular weight excluding hydrogens is 752 g/mol. The number of terminal acetylenes is 1. The number of anilines is 1. The second-order valence-corrected chi connectivity index (χ2v) is 15.9. The number of halogens is 6. The number of fused-ring (bicyclic) bond motifs is 7. The number of benzene rings is 3. The number of hydrogen-bond donors (Lipinski definition) is 1. The molecule has 1 amide bonds. The highest BCUT2D eigenvalue weighted by atomic mass is 19.4. The standard InChI is InChI=1S/C41H39F6N7O3/c1-3-27-30(43)10-7-22-14-26(55)15-28(32(22)27)33-35(44)37-34(29-20-51(2)50-36(29)33)38(49-39(48-37)57-21-40-11-5-13-53(40)17-23(42)16-40)52-18-24-8-9-25(19-52)54(24)31(56)6-4-12-41(45,46)47/h1,7,10,14-15,20,23-25,55H,4-6,8-9,11-13,16-19,21H2,2H3/t23-,24?,25?,40+/m1/s1. The molecule has 4 fully saturated rings. The van der Waals surface area contributed by atoms with E-state index in [2.05, 4.69) is 20.9 Å². The molecule has 0 aliphatic carbocycles. The predicted molar refractivity (Wildman–Crippen MR) is 201 cm³/mol. The summed E-state index contributed by atoms with van der Waals surface area (Å²) < 4.78 is 94.2. The first-order valence-corrected chi connectivity index (χ1v) is 19.2. The zero-order valence-electron chi connectivity index (χ0n) is 31.1. The normalized spacial score (nSPS) is 23.6. The van der Waals surface area contributed by atoms with Crippen molar-refractivity contribution in [2.75, 3.05) is 37.7 Å². The fourth-order valence-electron chi connectivity index (χ4n) is 9.92. The van der Waals surface area contributed by atoms with Crippen LogP contribution in [0.2, 0.25) is 0 Å². The molecule has 4 aliphatic rings. The van der Waals surface area contributed by atoms with Gasteiger partial charge in [0.05, 0.1) is 16.5 Å². The summed E-state index contributed by atoms with van der Waals surface area (Å²) in [5.41, 5.74) is -0.649. The number of piperazine rings is 1. The van der Waals surface area contributed by atoms with Crippen LogP contribution in [0.1, 0.15) is 56.9 Å². The molecule has 10 nitrogen and oxygen atoms in total. The van der Waals surface area contributed by atoms with E-state index in [0.717, 1.165) is 13.0 Å². The third-order valence-corrected chi connectivity index (χ3v) is 12.2. The van der Waals surface area contributed by atoms with E-state index in [4.69, 9.17) is 16.1 Å². The van der Waals surface area contributed by atoms with Crippen molar-refractivity contribution in [3.05, 3.63) is 47.7 Å². The Labute approximate surface area is 323 Å². The molecule has 0 spiro atoms. The quantitative estimate of drug-likeness (QED) is 0.131. The molecule has 57 heavy (non-hydrogen) atoms. The number of aromatic hydroxyl groups is 1. The molecule has 1 N–H and O–H groups in total. The van der Waals surface area contributed by atoms with E-state index >= 15 is 8.78 Å². The van der Waals surface area contributed by atoms with Gasteiger partial charge in [-0.2, -0.15) is 28.2 Å². The SMILES string of the molecule is C#Cc1c(F)ccc2cc(O)cc(-c3c(F)c4nc(OC[C@@]56CCCN5C[C@H](F)C6)nc(N5CC6CCC(C5)N6C(=O)CCCC(F)(F)F)c4c4cn(C)nc34)c12. The first kappa shape index (κ1) is 37.3. The Balaban J connectivity index is 1.20. The van der Waals surface area contributed by atoms with Crippen LogP contribution in [0.25, 0.3) is 43.7 Å². The fourth-order valence-corrected chi connectivity index (χ4v) is 9.92. The minimum Gasteiger partial charge on any atom is -0.508 e. The third-order valence-electron chi connectivity index (χ3n) is 12.2. The molecule has 4 saturated heterocycles. The van der Waals surface area contributed by atoms with Crippen LogP contribution < -0.4 is 9.64 Å². The Morgan fingerprint density at radius 3 is 2.60 bits per heavy atom. The minimum atomic E-state index is -4.35. The lowest BCUT2D eigenvalue weighted by Crippen LogP contribution is -2.56. The van der Waals surface area contributed by atoms with E-state index < -0.39 is 35.9 Å². The molecule has 4 atom stereocenters. The Morgan fingerprint density at radius 1 is 1.09 bits per heavy atom. The topological polar surface area (TPSA) is 99.9 Å². The molecule has 4 aliphatic heterocycles. The van der Waals surface area contributed by atoms with E-state index in [1.807, 2.05) is 4.90 Å². The average Bonchev–Trinajstić information content (AvgIpc) is 3.88. The van der Waals surface area contributed by atoms with Gasteiger partial charge in [0.15, 0.2) is 5.82 Å². The van der Waals surface area contributed by atoms with Gasteiger partial charge in [0.2, 0.25) is 5.91 Å². The predicted octanol–water partition coefficient (Wildman–Crippen LogP) is 7.17. The van der Waals surface area contributed by atoms with Crippen molar-refractivity contribution >= 4 is 44.3 Å². The summed E-state index contributed by atoms with van der Waals surface area (Å²) in [6.45, 7) is 1.62. The Kier molecular flexibility index (Phi) is 8.94. The smallest absolute Gasteiger partial charge is 0.389 e. The van der Waals surface area contributed by atoms with Crippen LogP contribution in [0, 0.1) is 24.0 Å². The van der Waals surface area contributed by atoms with Crippen LogP contribution >= 0.6 is 0 Å². The maximum Gasteiger partial charge on any atom is 0.389 e. The fraction of sp³-hybridized carbons (Fsp3) is 0.463. The molecule has 16 heteroatoms. The number of nitrogens with zero attached hydrogens (tertiary/aromatic N) is 7. The van der Waals surface area contributed by atoms with E-state index in [0.29, 0.717) is 47.8 Å². The van der Waals surface area contributed by atoms with Crippen LogP contribution in [-0.4, -0.2) is 103 Å². The first-order valence-electron chi connectivity index (χ1n) is 19.2. The minimum absolute atomic E-state index is 0.0649. The average molecular weight is 792 g/mol. The van der Waals surface area contributed by atoms with Crippen molar-refractivity contribution in [1.29, 1.82) is 0 Å². The summed E-state index contributed by atoms with van der Waals surface area (Å²) in [5, 5.41) is 16.8. The zero-order valence-corrected chi connectivity index (χ0v) is 31.1. The molecule has 298 valence electrons. The number of alkyl halides is 4. The highest BCUT2D eigenvalue weighted by Crippen LogP contribution is 2.46. The summed E-state index contributed by atoms with van der Waals surface area (Å²) in [6, 6.07) is 4.54. The van der Waals surface area contributed by atoms with Crippen molar-refractivity contribution in [1.82, 2.24) is 29.5 Å². The van der Waals surface area contributed by atoms with E-state index in [-0.39, 0.29) is 102 Å². The van der Waals surface area contributed by atoms with Gasteiger partial charge in [0.25, 0.3) is 0 Å². The van der Waals surface area contributed by atoms with Crippen molar-refractivity contribution in [2.24, 2.45) is 7.05 Å². The number of carbonyl (C=O) groups excluding carboxylic acids is 1. The van der Waals surface area contributed by atoms with Crippen molar-refractivity contribution in [2.45, 2.75) is 81.3 Å². The highest BCUT2D eigenvalue weighted by Gasteiger charge is 2.50. The zero-order chi connectivity index (χ0) is 40.0. The second-order valence-electron chi connectivity index (χ2n) is 15.9. The third kappa shape index (κ3) is 6.34. The Bertz CT molecular complexity index is 2490. The summed E-state index contributed by atoms with van der Waals surface area (Å²) in [7, 11) is 1.66. The van der Waals surface area contributed by atoms with E-state index in [1.165, 1.54) is 28.9 Å². The van der Waals surface area contributed by atoms with Gasteiger partial charge in [-0.15, -0.1) is 6.42 Å². The van der Waals surface area contributed by atoms with Gasteiger partial charge in [-0.3, -0.25) is 14.4 Å². The molecule has 2 unspecified atom stereocenters. The van der Waals surface area contributed by atoms with Gasteiger partial charge in [0, 0.05) is 80.6 Å². The summed E-state index contributed by atoms with van der Waals surface area (Å²) in [4.78, 5) is 28.6. The molecular formula is C41H39F6N7O3. The molecule has 5 aromatic rings. The van der Waals surface area contributed by atoms with Crippen molar-refractivity contribution < 1.29 is 41.0 Å². The van der Waals surface area contributed by atoms with E-state index in [1.54, 1.807) is 18.1 Å². The molecule has 2 bridgehead atoms. The second kappa shape index (κ2) is 13.7. The highest BCUT2D eigenvalue weighted by molar-refractivity contribution is 6.18. The summed E-state index contributed by atoms with van der Waals surface area (Å²) in [5.74, 6) is 0.587. The number of ether oxygens (including phenoxy) is 1. The number of phenolic OH excluding ortho intramolecular Hbond substituents is 1. The van der Waals surface area contributed by atoms with Crippen LogP contribution in [0.15, 0.2) is 30.5 Å². The van der Waals surface area contributed by atoms with Crippen LogP contribution in [0.3, 0.4) is 0 Å². The number of phenols is 1. The number of rotatable bonds is 8. The summed E-state index contributed by atoms with van der Waals surface area (Å²) in [6.07, 6.45) is 3.66. The lowest BCUT2D eigenvalue weighted by molar-refractivity contribution is -0.141. The van der Waals surface area contributed by atoms with Gasteiger partial charge in [0.1, 0.15) is 41.2 Å². The number of carbonyl (C=O) groups is 1. The monoisotopic (exact) mass is 791 g/mol. The lowest BCUT2D eigenvalue weighted by atomic mass is 9.91. The molecule has 9 rings (SSSR count). The number of amides is 1. The maximum atomic E-state index is 17.7. The molecule has 0 radical (unpaired) electrons. The lowest BCUT2D eigenvalue weighted by Gasteiger charge is -2.42. The van der Waals surface area contributed by atoms with Gasteiger partial charge in [-0.1, -0.05) is 12.0 Å². The van der Waals surface area contributed by atoms with Crippen LogP contribution in [-0.2, 0) is 11.8 Å². The Morgan fingerprint density at radius 2 is 1.86 bits per heavy atom. The van der Waals surface area contributed by atoms with Gasteiger partial charge >= 0.3 is 12.2 Å². The number of hydrogen-bond acceptors (Lipinski definition) is 8. The van der Waals surface area contributed by atoms with Crippen LogP contribution in [0.5, 0.6) is 11.8 Å². The van der Waals surface area contributed by atoms with Gasteiger partial charge in [-0.25, -0.2) is 13.2 Å². The molecule has 0 saturated carbocycles. The van der Waals surface area contributed by atoms with Crippen molar-refractivity contribution in [3.8, 4) is 35.2 Å². The first-order chi connectivity index (χ1) is 27.2. The molecule has 2 aromatic heterocycles. The summed E-state index contributed by atoms with van der Waals surface area (Å²) >= 11 is 0. The van der Waals surface area contributed by atoms with Gasteiger partial charge < -0.3 is 19.6 Å².